The zero-order chi connectivity index (χ0) is 29.6. The molecule has 0 aliphatic rings. The standard InChI is InChI=1S/C40H30N4/c1-43-37-20-8-6-18-35(37)41-39(43)31-16-10-14-28(24-31)29-22-23-33(27-12-4-3-5-13-27)34(26-29)30-15-11-17-32(25-30)40-42-36-19-7-9-21-38(36)44(40)2/h3-26H,1-2H3. The molecule has 0 atom stereocenters. The molecule has 2 heterocycles. The molecule has 0 bridgehead atoms. The lowest BCUT2D eigenvalue weighted by atomic mass is 9.90. The lowest BCUT2D eigenvalue weighted by Crippen LogP contribution is -1.94. The third-order valence-corrected chi connectivity index (χ3v) is 8.56. The molecule has 8 rings (SSSR count). The van der Waals surface area contributed by atoms with Crippen molar-refractivity contribution < 1.29 is 0 Å². The van der Waals surface area contributed by atoms with E-state index in [-0.39, 0.29) is 0 Å². The van der Waals surface area contributed by atoms with Crippen molar-refractivity contribution in [3.05, 3.63) is 146 Å². The number of nitrogens with zero attached hydrogens (tertiary/aromatic N) is 4. The van der Waals surface area contributed by atoms with Crippen LogP contribution in [0, 0.1) is 0 Å². The highest BCUT2D eigenvalue weighted by molar-refractivity contribution is 5.90. The molecule has 0 aliphatic heterocycles. The number of aryl methyl sites for hydroxylation is 2. The van der Waals surface area contributed by atoms with Crippen LogP contribution in [-0.2, 0) is 14.1 Å². The van der Waals surface area contributed by atoms with E-state index >= 15 is 0 Å². The molecule has 4 heteroatoms. The van der Waals surface area contributed by atoms with E-state index < -0.39 is 0 Å². The van der Waals surface area contributed by atoms with Gasteiger partial charge in [-0.3, -0.25) is 0 Å². The number of imidazole rings is 2. The van der Waals surface area contributed by atoms with Crippen molar-refractivity contribution in [3.63, 3.8) is 0 Å². The number of rotatable bonds is 5. The Morgan fingerprint density at radius 2 is 0.841 bits per heavy atom. The SMILES string of the molecule is Cn1c(-c2cccc(-c3ccc(-c4ccccc4)c(-c4cccc(-c5nc6ccccc6n5C)c4)c3)c2)nc2ccccc21. The van der Waals surface area contributed by atoms with Crippen molar-refractivity contribution in [1.82, 2.24) is 19.1 Å². The quantitative estimate of drug-likeness (QED) is 0.208. The van der Waals surface area contributed by atoms with Gasteiger partial charge < -0.3 is 9.13 Å². The summed E-state index contributed by atoms with van der Waals surface area (Å²) in [6.07, 6.45) is 0. The number of hydrogen-bond donors (Lipinski definition) is 0. The van der Waals surface area contributed by atoms with Gasteiger partial charge in [0.15, 0.2) is 0 Å². The van der Waals surface area contributed by atoms with Gasteiger partial charge in [-0.1, -0.05) is 103 Å². The first kappa shape index (κ1) is 25.9. The molecule has 0 saturated heterocycles. The number of fused-ring (bicyclic) bond motifs is 2. The van der Waals surface area contributed by atoms with Crippen molar-refractivity contribution in [2.75, 3.05) is 0 Å². The topological polar surface area (TPSA) is 35.6 Å². The van der Waals surface area contributed by atoms with Crippen molar-refractivity contribution in [2.45, 2.75) is 0 Å². The fourth-order valence-corrected chi connectivity index (χ4v) is 6.30. The van der Waals surface area contributed by atoms with Crippen LogP contribution in [0.1, 0.15) is 0 Å². The molecule has 210 valence electrons. The summed E-state index contributed by atoms with van der Waals surface area (Å²) in [7, 11) is 4.17. The Balaban J connectivity index is 1.27. The van der Waals surface area contributed by atoms with E-state index in [2.05, 4.69) is 157 Å². The van der Waals surface area contributed by atoms with Gasteiger partial charge in [-0.15, -0.1) is 0 Å². The van der Waals surface area contributed by atoms with Crippen LogP contribution in [0.15, 0.2) is 146 Å². The lowest BCUT2D eigenvalue weighted by molar-refractivity contribution is 0.959. The molecule has 0 amide bonds. The number of aromatic nitrogens is 4. The predicted octanol–water partition coefficient (Wildman–Crippen LogP) is 9.79. The van der Waals surface area contributed by atoms with E-state index in [1.54, 1.807) is 0 Å². The molecule has 0 aliphatic carbocycles. The molecule has 0 N–H and O–H groups in total. The zero-order valence-electron chi connectivity index (χ0n) is 24.6. The summed E-state index contributed by atoms with van der Waals surface area (Å²) in [6.45, 7) is 0. The Morgan fingerprint density at radius 3 is 1.45 bits per heavy atom. The number of benzene rings is 6. The van der Waals surface area contributed by atoms with Crippen LogP contribution in [-0.4, -0.2) is 19.1 Å². The van der Waals surface area contributed by atoms with Crippen LogP contribution >= 0.6 is 0 Å². The van der Waals surface area contributed by atoms with E-state index in [1.165, 1.54) is 16.7 Å². The minimum absolute atomic E-state index is 0.959. The Bertz CT molecular complexity index is 2310. The summed E-state index contributed by atoms with van der Waals surface area (Å²) in [5, 5.41) is 0. The zero-order valence-corrected chi connectivity index (χ0v) is 24.6. The maximum Gasteiger partial charge on any atom is 0.140 e. The van der Waals surface area contributed by atoms with E-state index in [1.807, 2.05) is 12.1 Å². The first-order valence-electron chi connectivity index (χ1n) is 14.9. The van der Waals surface area contributed by atoms with Gasteiger partial charge in [0.05, 0.1) is 22.1 Å². The summed E-state index contributed by atoms with van der Waals surface area (Å²) in [5.74, 6) is 1.92. The highest BCUT2D eigenvalue weighted by Crippen LogP contribution is 2.38. The number of hydrogen-bond acceptors (Lipinski definition) is 2. The molecule has 0 unspecified atom stereocenters. The molecule has 0 radical (unpaired) electrons. The molecular formula is C40H30N4. The van der Waals surface area contributed by atoms with Gasteiger partial charge >= 0.3 is 0 Å². The average Bonchev–Trinajstić information content (AvgIpc) is 3.61. The molecule has 44 heavy (non-hydrogen) atoms. The fourth-order valence-electron chi connectivity index (χ4n) is 6.30. The van der Waals surface area contributed by atoms with E-state index in [0.29, 0.717) is 0 Å². The molecule has 0 saturated carbocycles. The van der Waals surface area contributed by atoms with Crippen molar-refractivity contribution in [3.8, 4) is 56.2 Å². The fraction of sp³-hybridized carbons (Fsp3) is 0.0500. The number of para-hydroxylation sites is 4. The molecule has 0 fully saturated rings. The third kappa shape index (κ3) is 4.40. The average molecular weight is 567 g/mol. The monoisotopic (exact) mass is 566 g/mol. The van der Waals surface area contributed by atoms with E-state index in [4.69, 9.17) is 9.97 Å². The Morgan fingerprint density at radius 1 is 0.364 bits per heavy atom. The third-order valence-electron chi connectivity index (χ3n) is 8.56. The van der Waals surface area contributed by atoms with Gasteiger partial charge in [0, 0.05) is 25.2 Å². The summed E-state index contributed by atoms with van der Waals surface area (Å²) in [5.41, 5.74) is 13.5. The smallest absolute Gasteiger partial charge is 0.140 e. The van der Waals surface area contributed by atoms with Gasteiger partial charge in [0.25, 0.3) is 0 Å². The summed E-state index contributed by atoms with van der Waals surface area (Å²) >= 11 is 0. The Labute approximate surface area is 256 Å². The largest absolute Gasteiger partial charge is 0.327 e. The second-order valence-corrected chi connectivity index (χ2v) is 11.3. The van der Waals surface area contributed by atoms with Crippen LogP contribution in [0.3, 0.4) is 0 Å². The first-order chi connectivity index (χ1) is 21.6. The normalized spacial score (nSPS) is 11.4. The molecule has 4 nitrogen and oxygen atoms in total. The molecule has 6 aromatic carbocycles. The highest BCUT2D eigenvalue weighted by Gasteiger charge is 2.15. The highest BCUT2D eigenvalue weighted by atomic mass is 15.1. The van der Waals surface area contributed by atoms with Gasteiger partial charge in [-0.05, 0) is 75.8 Å². The van der Waals surface area contributed by atoms with Gasteiger partial charge in [0.2, 0.25) is 0 Å². The molecule has 0 spiro atoms. The van der Waals surface area contributed by atoms with E-state index in [0.717, 1.165) is 61.5 Å². The summed E-state index contributed by atoms with van der Waals surface area (Å²) in [6, 6.07) is 51.5. The van der Waals surface area contributed by atoms with Crippen molar-refractivity contribution in [1.29, 1.82) is 0 Å². The predicted molar refractivity (Wildman–Crippen MR) is 182 cm³/mol. The van der Waals surface area contributed by atoms with Crippen LogP contribution in [0.2, 0.25) is 0 Å². The van der Waals surface area contributed by atoms with Gasteiger partial charge in [-0.2, -0.15) is 0 Å². The second kappa shape index (κ2) is 10.5. The molecule has 8 aromatic rings. The summed E-state index contributed by atoms with van der Waals surface area (Å²) < 4.78 is 4.35. The van der Waals surface area contributed by atoms with Crippen LogP contribution in [0.5, 0.6) is 0 Å². The Hall–Kier alpha value is -5.74. The van der Waals surface area contributed by atoms with Crippen molar-refractivity contribution in [2.24, 2.45) is 14.1 Å². The minimum Gasteiger partial charge on any atom is -0.327 e. The van der Waals surface area contributed by atoms with Gasteiger partial charge in [0.1, 0.15) is 11.6 Å². The second-order valence-electron chi connectivity index (χ2n) is 11.3. The van der Waals surface area contributed by atoms with Crippen LogP contribution in [0.4, 0.5) is 0 Å². The van der Waals surface area contributed by atoms with Crippen LogP contribution < -0.4 is 0 Å². The maximum atomic E-state index is 4.98. The van der Waals surface area contributed by atoms with Crippen molar-refractivity contribution >= 4 is 22.1 Å². The lowest BCUT2D eigenvalue weighted by Gasteiger charge is -2.15. The Kier molecular flexibility index (Phi) is 6.20. The first-order valence-corrected chi connectivity index (χ1v) is 14.9. The van der Waals surface area contributed by atoms with Crippen LogP contribution in [0.25, 0.3) is 78.2 Å². The molecule has 2 aromatic heterocycles. The molecular weight excluding hydrogens is 536 g/mol. The maximum absolute atomic E-state index is 4.98. The van der Waals surface area contributed by atoms with E-state index in [9.17, 15) is 0 Å². The van der Waals surface area contributed by atoms with Gasteiger partial charge in [-0.25, -0.2) is 9.97 Å². The minimum atomic E-state index is 0.959. The summed E-state index contributed by atoms with van der Waals surface area (Å²) in [4.78, 5) is 9.93.